The zero-order valence-corrected chi connectivity index (χ0v) is 12.7. The molecule has 1 atom stereocenters. The summed E-state index contributed by atoms with van der Waals surface area (Å²) in [5.74, 6) is 0.720. The summed E-state index contributed by atoms with van der Waals surface area (Å²) in [5.41, 5.74) is 6.52. The molecule has 3 heteroatoms. The number of fused-ring (bicyclic) bond motifs is 1. The Hall–Kier alpha value is -1.67. The summed E-state index contributed by atoms with van der Waals surface area (Å²) in [6, 6.07) is 10.7. The molecule has 1 heterocycles. The molecule has 20 heavy (non-hydrogen) atoms. The van der Waals surface area contributed by atoms with Crippen molar-refractivity contribution in [1.29, 1.82) is 0 Å². The van der Waals surface area contributed by atoms with E-state index in [-0.39, 0.29) is 6.04 Å². The molecule has 0 fully saturated rings. The largest absolute Gasteiger partial charge is 0.495 e. The highest BCUT2D eigenvalue weighted by atomic mass is 35.5. The van der Waals surface area contributed by atoms with Crippen LogP contribution in [0.15, 0.2) is 30.3 Å². The molecule has 0 spiro atoms. The minimum absolute atomic E-state index is 0.286. The van der Waals surface area contributed by atoms with Gasteiger partial charge in [-0.05, 0) is 54.7 Å². The summed E-state index contributed by atoms with van der Waals surface area (Å²) < 4.78 is 5.21. The van der Waals surface area contributed by atoms with Gasteiger partial charge in [0.1, 0.15) is 5.75 Å². The second-order valence-electron chi connectivity index (χ2n) is 5.34. The number of ether oxygens (including phenoxy) is 1. The average molecular weight is 288 g/mol. The van der Waals surface area contributed by atoms with Crippen molar-refractivity contribution >= 4 is 17.3 Å². The van der Waals surface area contributed by atoms with E-state index in [0.717, 1.165) is 12.2 Å². The number of benzene rings is 2. The van der Waals surface area contributed by atoms with Crippen LogP contribution in [0.5, 0.6) is 5.75 Å². The number of halogens is 1. The summed E-state index contributed by atoms with van der Waals surface area (Å²) in [4.78, 5) is 0. The quantitative estimate of drug-likeness (QED) is 0.866. The van der Waals surface area contributed by atoms with Crippen molar-refractivity contribution in [3.63, 3.8) is 0 Å². The van der Waals surface area contributed by atoms with Crippen LogP contribution in [0.3, 0.4) is 0 Å². The fourth-order valence-corrected chi connectivity index (χ4v) is 3.05. The topological polar surface area (TPSA) is 21.3 Å². The van der Waals surface area contributed by atoms with Crippen molar-refractivity contribution in [1.82, 2.24) is 0 Å². The molecule has 3 rings (SSSR count). The number of aryl methyl sites for hydroxylation is 1. The third-order valence-corrected chi connectivity index (χ3v) is 4.44. The van der Waals surface area contributed by atoms with E-state index in [4.69, 9.17) is 16.3 Å². The van der Waals surface area contributed by atoms with Gasteiger partial charge in [0.05, 0.1) is 18.2 Å². The highest BCUT2D eigenvalue weighted by Gasteiger charge is 2.24. The molecule has 2 aromatic rings. The molecule has 1 aliphatic rings. The van der Waals surface area contributed by atoms with E-state index in [2.05, 4.69) is 37.4 Å². The van der Waals surface area contributed by atoms with Crippen molar-refractivity contribution in [3.05, 3.63) is 57.6 Å². The molecule has 0 amide bonds. The Morgan fingerprint density at radius 2 is 2.00 bits per heavy atom. The van der Waals surface area contributed by atoms with Crippen LogP contribution < -0.4 is 10.1 Å². The number of nitrogens with one attached hydrogen (secondary N) is 1. The summed E-state index contributed by atoms with van der Waals surface area (Å²) in [7, 11) is 1.64. The number of hydrogen-bond acceptors (Lipinski definition) is 2. The van der Waals surface area contributed by atoms with Crippen LogP contribution in [-0.4, -0.2) is 7.11 Å². The van der Waals surface area contributed by atoms with Gasteiger partial charge in [0, 0.05) is 5.69 Å². The summed E-state index contributed by atoms with van der Waals surface area (Å²) >= 11 is 6.22. The maximum absolute atomic E-state index is 6.22. The van der Waals surface area contributed by atoms with Crippen LogP contribution in [0, 0.1) is 13.8 Å². The van der Waals surface area contributed by atoms with Gasteiger partial charge < -0.3 is 10.1 Å². The smallest absolute Gasteiger partial charge is 0.137 e. The standard InChI is InChI=1S/C17H18ClNO/c1-10-4-5-13-9-15(19-17(13)11(10)2)12-6-7-16(20-3)14(18)8-12/h4-8,15,19H,9H2,1-3H3. The Kier molecular flexibility index (Phi) is 3.35. The molecule has 0 aliphatic carbocycles. The Morgan fingerprint density at radius 1 is 1.20 bits per heavy atom. The number of anilines is 1. The molecule has 1 unspecified atom stereocenters. The van der Waals surface area contributed by atoms with Crippen molar-refractivity contribution in [2.24, 2.45) is 0 Å². The van der Waals surface area contributed by atoms with Gasteiger partial charge in [-0.15, -0.1) is 0 Å². The van der Waals surface area contributed by atoms with E-state index in [0.29, 0.717) is 5.02 Å². The summed E-state index contributed by atoms with van der Waals surface area (Å²) in [5, 5.41) is 4.29. The molecule has 0 saturated carbocycles. The van der Waals surface area contributed by atoms with Crippen molar-refractivity contribution < 1.29 is 4.74 Å². The lowest BCUT2D eigenvalue weighted by Crippen LogP contribution is -2.06. The molecule has 2 nitrogen and oxygen atoms in total. The molecule has 1 N–H and O–H groups in total. The van der Waals surface area contributed by atoms with E-state index in [1.165, 1.54) is 27.9 Å². The number of methoxy groups -OCH3 is 1. The fourth-order valence-electron chi connectivity index (χ4n) is 2.79. The lowest BCUT2D eigenvalue weighted by atomic mass is 10.0. The predicted molar refractivity (Wildman–Crippen MR) is 84.0 cm³/mol. The zero-order valence-electron chi connectivity index (χ0n) is 12.0. The normalized spacial score (nSPS) is 16.7. The highest BCUT2D eigenvalue weighted by molar-refractivity contribution is 6.32. The zero-order chi connectivity index (χ0) is 14.3. The van der Waals surface area contributed by atoms with Gasteiger partial charge in [-0.25, -0.2) is 0 Å². The summed E-state index contributed by atoms with van der Waals surface area (Å²) in [6.45, 7) is 4.32. The Balaban J connectivity index is 1.92. The predicted octanol–water partition coefficient (Wildman–Crippen LogP) is 4.67. The average Bonchev–Trinajstić information content (AvgIpc) is 2.88. The Morgan fingerprint density at radius 3 is 2.70 bits per heavy atom. The molecular weight excluding hydrogens is 270 g/mol. The van der Waals surface area contributed by atoms with Crippen LogP contribution in [0.4, 0.5) is 5.69 Å². The molecule has 104 valence electrons. The summed E-state index contributed by atoms with van der Waals surface area (Å²) in [6.07, 6.45) is 0.999. The van der Waals surface area contributed by atoms with Crippen LogP contribution in [0.25, 0.3) is 0 Å². The van der Waals surface area contributed by atoms with Crippen molar-refractivity contribution in [3.8, 4) is 5.75 Å². The number of hydrogen-bond donors (Lipinski definition) is 1. The minimum Gasteiger partial charge on any atom is -0.495 e. The number of rotatable bonds is 2. The van der Waals surface area contributed by atoms with Gasteiger partial charge >= 0.3 is 0 Å². The molecule has 0 saturated heterocycles. The maximum Gasteiger partial charge on any atom is 0.137 e. The molecular formula is C17H18ClNO. The molecule has 2 aromatic carbocycles. The monoisotopic (exact) mass is 287 g/mol. The Labute approximate surface area is 124 Å². The first kappa shape index (κ1) is 13.3. The van der Waals surface area contributed by atoms with Crippen LogP contribution in [-0.2, 0) is 6.42 Å². The second-order valence-corrected chi connectivity index (χ2v) is 5.74. The van der Waals surface area contributed by atoms with Crippen molar-refractivity contribution in [2.75, 3.05) is 12.4 Å². The van der Waals surface area contributed by atoms with E-state index < -0.39 is 0 Å². The van der Waals surface area contributed by atoms with Gasteiger partial charge in [0.2, 0.25) is 0 Å². The van der Waals surface area contributed by atoms with Gasteiger partial charge in [-0.2, -0.15) is 0 Å². The molecule has 1 aliphatic heterocycles. The third-order valence-electron chi connectivity index (χ3n) is 4.14. The van der Waals surface area contributed by atoms with Gasteiger partial charge in [-0.3, -0.25) is 0 Å². The van der Waals surface area contributed by atoms with Crippen molar-refractivity contribution in [2.45, 2.75) is 26.3 Å². The van der Waals surface area contributed by atoms with Gasteiger partial charge in [0.25, 0.3) is 0 Å². The highest BCUT2D eigenvalue weighted by Crippen LogP contribution is 2.39. The molecule has 0 bridgehead atoms. The first-order valence-electron chi connectivity index (χ1n) is 6.79. The fraction of sp³-hybridized carbons (Fsp3) is 0.294. The lowest BCUT2D eigenvalue weighted by Gasteiger charge is -2.14. The first-order chi connectivity index (χ1) is 9.60. The van der Waals surface area contributed by atoms with Crippen LogP contribution in [0.1, 0.15) is 28.3 Å². The van der Waals surface area contributed by atoms with E-state index in [1.807, 2.05) is 12.1 Å². The molecule has 0 radical (unpaired) electrons. The maximum atomic E-state index is 6.22. The van der Waals surface area contributed by atoms with E-state index in [9.17, 15) is 0 Å². The second kappa shape index (κ2) is 5.02. The third kappa shape index (κ3) is 2.14. The first-order valence-corrected chi connectivity index (χ1v) is 7.17. The van der Waals surface area contributed by atoms with E-state index in [1.54, 1.807) is 7.11 Å². The van der Waals surface area contributed by atoms with Crippen LogP contribution in [0.2, 0.25) is 5.02 Å². The lowest BCUT2D eigenvalue weighted by molar-refractivity contribution is 0.415. The SMILES string of the molecule is COc1ccc(C2Cc3ccc(C)c(C)c3N2)cc1Cl. The van der Waals surface area contributed by atoms with Crippen LogP contribution >= 0.6 is 11.6 Å². The molecule has 0 aromatic heterocycles. The van der Waals surface area contributed by atoms with Gasteiger partial charge in [0.15, 0.2) is 0 Å². The van der Waals surface area contributed by atoms with Gasteiger partial charge in [-0.1, -0.05) is 29.8 Å². The van der Waals surface area contributed by atoms with E-state index >= 15 is 0 Å². The Bertz CT molecular complexity index is 666. The minimum atomic E-state index is 0.286.